The Labute approximate surface area is 171 Å². The molecule has 0 fully saturated rings. The molecule has 0 saturated carbocycles. The Balaban J connectivity index is 1.82. The van der Waals surface area contributed by atoms with E-state index in [9.17, 15) is 13.2 Å². The van der Waals surface area contributed by atoms with Crippen LogP contribution in [0.4, 0.5) is 11.4 Å². The maximum absolute atomic E-state index is 12.6. The first-order valence-electron chi connectivity index (χ1n) is 9.56. The maximum atomic E-state index is 12.6. The third kappa shape index (κ3) is 4.48. The molecule has 3 rings (SSSR count). The van der Waals surface area contributed by atoms with Crippen LogP contribution in [-0.4, -0.2) is 40.8 Å². The number of nitrogens with zero attached hydrogens (tertiary/aromatic N) is 1. The molecule has 7 nitrogen and oxygen atoms in total. The van der Waals surface area contributed by atoms with E-state index in [1.807, 2.05) is 13.0 Å². The van der Waals surface area contributed by atoms with Crippen LogP contribution in [0, 0.1) is 0 Å². The van der Waals surface area contributed by atoms with E-state index in [4.69, 9.17) is 9.47 Å². The Bertz CT molecular complexity index is 1000. The number of fused-ring (bicyclic) bond motifs is 1. The van der Waals surface area contributed by atoms with Gasteiger partial charge in [0, 0.05) is 17.8 Å². The van der Waals surface area contributed by atoms with Gasteiger partial charge in [-0.1, -0.05) is 6.92 Å². The summed E-state index contributed by atoms with van der Waals surface area (Å²) in [6.07, 6.45) is 2.10. The molecule has 0 bridgehead atoms. The van der Waals surface area contributed by atoms with Crippen molar-refractivity contribution in [3.8, 4) is 11.5 Å². The lowest BCUT2D eigenvalue weighted by molar-refractivity contribution is 0.102. The van der Waals surface area contributed by atoms with E-state index in [-0.39, 0.29) is 11.7 Å². The third-order valence-electron chi connectivity index (χ3n) is 4.86. The van der Waals surface area contributed by atoms with Crippen molar-refractivity contribution in [2.75, 3.05) is 36.1 Å². The van der Waals surface area contributed by atoms with Crippen molar-refractivity contribution in [3.63, 3.8) is 0 Å². The van der Waals surface area contributed by atoms with Crippen LogP contribution in [0.2, 0.25) is 0 Å². The molecular formula is C21H26N2O5S. The molecule has 0 aliphatic carbocycles. The first-order chi connectivity index (χ1) is 13.9. The number of nitrogens with one attached hydrogen (secondary N) is 1. The molecule has 0 saturated heterocycles. The Morgan fingerprint density at radius 2 is 1.86 bits per heavy atom. The van der Waals surface area contributed by atoms with Gasteiger partial charge in [0.1, 0.15) is 0 Å². The number of methoxy groups -OCH3 is 2. The minimum absolute atomic E-state index is 0.129. The maximum Gasteiger partial charge on any atom is 0.255 e. The van der Waals surface area contributed by atoms with Crippen LogP contribution in [0.15, 0.2) is 36.4 Å². The van der Waals surface area contributed by atoms with Gasteiger partial charge in [-0.3, -0.25) is 9.10 Å². The molecule has 156 valence electrons. The number of anilines is 2. The van der Waals surface area contributed by atoms with Gasteiger partial charge >= 0.3 is 0 Å². The number of carbonyl (C=O) groups excluding carboxylic acids is 1. The Hall–Kier alpha value is -2.74. The fraction of sp³-hybridized carbons (Fsp3) is 0.381. The number of amides is 1. The molecule has 1 aliphatic rings. The summed E-state index contributed by atoms with van der Waals surface area (Å²) in [4.78, 5) is 12.6. The highest BCUT2D eigenvalue weighted by atomic mass is 32.2. The van der Waals surface area contributed by atoms with Gasteiger partial charge in [0.25, 0.3) is 5.91 Å². The van der Waals surface area contributed by atoms with Crippen LogP contribution in [0.25, 0.3) is 0 Å². The molecule has 0 radical (unpaired) electrons. The number of sulfonamides is 1. The van der Waals surface area contributed by atoms with E-state index in [1.165, 1.54) is 18.5 Å². The molecule has 1 amide bonds. The molecule has 1 heterocycles. The van der Waals surface area contributed by atoms with E-state index in [1.54, 1.807) is 30.3 Å². The third-order valence-corrected chi connectivity index (χ3v) is 6.83. The Morgan fingerprint density at radius 1 is 1.10 bits per heavy atom. The molecule has 8 heteroatoms. The van der Waals surface area contributed by atoms with Gasteiger partial charge in [0.05, 0.1) is 25.7 Å². The molecule has 0 spiro atoms. The largest absolute Gasteiger partial charge is 0.493 e. The zero-order valence-corrected chi connectivity index (χ0v) is 17.7. The van der Waals surface area contributed by atoms with Gasteiger partial charge in [0.2, 0.25) is 10.0 Å². The minimum atomic E-state index is -3.32. The molecule has 1 aliphatic heterocycles. The quantitative estimate of drug-likeness (QED) is 0.744. The highest BCUT2D eigenvalue weighted by Crippen LogP contribution is 2.32. The first-order valence-corrected chi connectivity index (χ1v) is 11.2. The lowest BCUT2D eigenvalue weighted by atomic mass is 10.0. The summed E-state index contributed by atoms with van der Waals surface area (Å²) in [7, 11) is -0.268. The van der Waals surface area contributed by atoms with E-state index in [0.717, 1.165) is 18.4 Å². The second-order valence-corrected chi connectivity index (χ2v) is 8.87. The average molecular weight is 419 g/mol. The van der Waals surface area contributed by atoms with Crippen LogP contribution in [0.1, 0.15) is 35.7 Å². The summed E-state index contributed by atoms with van der Waals surface area (Å²) in [5.41, 5.74) is 2.68. The zero-order valence-electron chi connectivity index (χ0n) is 16.9. The van der Waals surface area contributed by atoms with Crippen LogP contribution in [0.5, 0.6) is 11.5 Å². The molecular weight excluding hydrogens is 392 g/mol. The van der Waals surface area contributed by atoms with Crippen molar-refractivity contribution in [2.45, 2.75) is 26.2 Å². The van der Waals surface area contributed by atoms with Crippen molar-refractivity contribution in [1.29, 1.82) is 0 Å². The van der Waals surface area contributed by atoms with E-state index in [0.29, 0.717) is 41.4 Å². The number of ether oxygens (including phenoxy) is 2. The van der Waals surface area contributed by atoms with Crippen molar-refractivity contribution < 1.29 is 22.7 Å². The van der Waals surface area contributed by atoms with Crippen molar-refractivity contribution in [3.05, 3.63) is 47.5 Å². The Kier molecular flexibility index (Phi) is 6.32. The molecule has 1 N–H and O–H groups in total. The zero-order chi connectivity index (χ0) is 21.0. The Morgan fingerprint density at radius 3 is 2.55 bits per heavy atom. The van der Waals surface area contributed by atoms with Gasteiger partial charge < -0.3 is 14.8 Å². The molecule has 2 aromatic carbocycles. The van der Waals surface area contributed by atoms with E-state index in [2.05, 4.69) is 5.32 Å². The fourth-order valence-corrected chi connectivity index (χ4v) is 5.10. The van der Waals surface area contributed by atoms with E-state index < -0.39 is 10.0 Å². The van der Waals surface area contributed by atoms with Crippen LogP contribution in [0.3, 0.4) is 0 Å². The van der Waals surface area contributed by atoms with Crippen molar-refractivity contribution >= 4 is 27.3 Å². The summed E-state index contributed by atoms with van der Waals surface area (Å²) in [5.74, 6) is 0.871. The molecule has 29 heavy (non-hydrogen) atoms. The summed E-state index contributed by atoms with van der Waals surface area (Å²) < 4.78 is 37.0. The monoisotopic (exact) mass is 418 g/mol. The number of benzene rings is 2. The minimum Gasteiger partial charge on any atom is -0.493 e. The molecule has 0 aromatic heterocycles. The molecule has 0 unspecified atom stereocenters. The van der Waals surface area contributed by atoms with Gasteiger partial charge in [-0.2, -0.15) is 0 Å². The first kappa shape index (κ1) is 21.0. The van der Waals surface area contributed by atoms with Gasteiger partial charge in [0.15, 0.2) is 11.5 Å². The smallest absolute Gasteiger partial charge is 0.255 e. The summed E-state index contributed by atoms with van der Waals surface area (Å²) in [6, 6.07) is 10.3. The van der Waals surface area contributed by atoms with Crippen molar-refractivity contribution in [2.24, 2.45) is 0 Å². The SMILES string of the molecule is CCCS(=O)(=O)N1CCCc2cc(NC(=O)c3ccc(OC)c(OC)c3)ccc21. The van der Waals surface area contributed by atoms with Crippen LogP contribution < -0.4 is 19.1 Å². The second kappa shape index (κ2) is 8.73. The number of rotatable bonds is 7. The second-order valence-electron chi connectivity index (χ2n) is 6.86. The van der Waals surface area contributed by atoms with Gasteiger partial charge in [-0.05, 0) is 61.2 Å². The molecule has 2 aromatic rings. The topological polar surface area (TPSA) is 84.9 Å². The predicted octanol–water partition coefficient (Wildman–Crippen LogP) is 3.45. The predicted molar refractivity (Wildman–Crippen MR) is 114 cm³/mol. The average Bonchev–Trinajstić information content (AvgIpc) is 2.72. The normalized spacial score (nSPS) is 13.6. The number of carbonyl (C=O) groups is 1. The lowest BCUT2D eigenvalue weighted by Crippen LogP contribution is -2.37. The number of hydrogen-bond donors (Lipinski definition) is 1. The van der Waals surface area contributed by atoms with Crippen molar-refractivity contribution in [1.82, 2.24) is 0 Å². The summed E-state index contributed by atoms with van der Waals surface area (Å²) in [6.45, 7) is 2.35. The van der Waals surface area contributed by atoms with Crippen LogP contribution in [-0.2, 0) is 16.4 Å². The van der Waals surface area contributed by atoms with E-state index >= 15 is 0 Å². The number of aryl methyl sites for hydroxylation is 1. The standard InChI is InChI=1S/C21H26N2O5S/c1-4-12-29(25,26)23-11-5-6-15-13-17(8-9-18(15)23)22-21(24)16-7-10-19(27-2)20(14-16)28-3/h7-10,13-14H,4-6,11-12H2,1-3H3,(H,22,24). The highest BCUT2D eigenvalue weighted by molar-refractivity contribution is 7.92. The lowest BCUT2D eigenvalue weighted by Gasteiger charge is -2.30. The summed E-state index contributed by atoms with van der Waals surface area (Å²) >= 11 is 0. The highest BCUT2D eigenvalue weighted by Gasteiger charge is 2.27. The van der Waals surface area contributed by atoms with Crippen LogP contribution >= 0.6 is 0 Å². The van der Waals surface area contributed by atoms with Gasteiger partial charge in [-0.25, -0.2) is 8.42 Å². The fourth-order valence-electron chi connectivity index (χ4n) is 3.48. The number of hydrogen-bond acceptors (Lipinski definition) is 5. The van der Waals surface area contributed by atoms with Gasteiger partial charge in [-0.15, -0.1) is 0 Å². The molecule has 0 atom stereocenters. The summed E-state index contributed by atoms with van der Waals surface area (Å²) in [5, 5.41) is 2.87.